The molecule has 34 heavy (non-hydrogen) atoms. The Labute approximate surface area is 207 Å². The van der Waals surface area contributed by atoms with Gasteiger partial charge in [0.1, 0.15) is 0 Å². The molecule has 0 radical (unpaired) electrons. The molecule has 0 aromatic rings. The first-order valence-corrected chi connectivity index (χ1v) is 11.9. The number of carbonyl (C=O) groups is 3. The second kappa shape index (κ2) is 13.6. The van der Waals surface area contributed by atoms with Crippen LogP contribution in [-0.4, -0.2) is 76.9 Å². The molecule has 0 bridgehead atoms. The summed E-state index contributed by atoms with van der Waals surface area (Å²) in [5.74, 6) is -1.16. The van der Waals surface area contributed by atoms with Gasteiger partial charge < -0.3 is 19.8 Å². The van der Waals surface area contributed by atoms with Crippen LogP contribution in [0, 0.1) is 0 Å². The highest BCUT2D eigenvalue weighted by molar-refractivity contribution is 6.35. The average molecular weight is 488 g/mol. The summed E-state index contributed by atoms with van der Waals surface area (Å²) in [5, 5.41) is 9.97. The van der Waals surface area contributed by atoms with E-state index >= 15 is 0 Å². The van der Waals surface area contributed by atoms with Gasteiger partial charge >= 0.3 is 5.97 Å². The Kier molecular flexibility index (Phi) is 10.9. The first-order valence-electron chi connectivity index (χ1n) is 11.6. The molecule has 1 aliphatic carbocycles. The van der Waals surface area contributed by atoms with Crippen molar-refractivity contribution in [2.45, 2.75) is 33.6 Å². The zero-order valence-electron chi connectivity index (χ0n) is 20.2. The van der Waals surface area contributed by atoms with Crippen molar-refractivity contribution in [1.29, 1.82) is 0 Å². The molecule has 1 fully saturated rings. The number of amides is 2. The van der Waals surface area contributed by atoms with E-state index in [-0.39, 0.29) is 23.9 Å². The molecule has 1 N–H and O–H groups in total. The number of carboxylic acid groups (broad SMARTS) is 1. The monoisotopic (exact) mass is 487 g/mol. The Balaban J connectivity index is 2.23. The summed E-state index contributed by atoms with van der Waals surface area (Å²) in [6.07, 6.45) is 15.3. The lowest BCUT2D eigenvalue weighted by Crippen LogP contribution is -2.45. The van der Waals surface area contributed by atoms with Crippen LogP contribution < -0.4 is 0 Å². The van der Waals surface area contributed by atoms with Gasteiger partial charge in [-0.1, -0.05) is 48.9 Å². The molecule has 0 aromatic carbocycles. The summed E-state index contributed by atoms with van der Waals surface area (Å²) in [5.41, 5.74) is 1.24. The Bertz CT molecular complexity index is 951. The molecule has 0 spiro atoms. The molecule has 0 aromatic heterocycles. The molecule has 0 atom stereocenters. The van der Waals surface area contributed by atoms with E-state index < -0.39 is 5.97 Å². The fraction of sp³-hybridized carbons (Fsp3) is 0.423. The van der Waals surface area contributed by atoms with Crippen molar-refractivity contribution in [3.05, 3.63) is 70.5 Å². The van der Waals surface area contributed by atoms with Gasteiger partial charge in [-0.15, -0.1) is 0 Å². The van der Waals surface area contributed by atoms with Gasteiger partial charge in [-0.2, -0.15) is 0 Å². The fourth-order valence-corrected chi connectivity index (χ4v) is 3.94. The van der Waals surface area contributed by atoms with Gasteiger partial charge in [-0.05, 0) is 43.7 Å². The first-order chi connectivity index (χ1) is 16.3. The van der Waals surface area contributed by atoms with Crippen LogP contribution in [0.2, 0.25) is 0 Å². The lowest BCUT2D eigenvalue weighted by atomic mass is 10.0. The second-order valence-electron chi connectivity index (χ2n) is 8.13. The molecule has 8 heteroatoms. The zero-order chi connectivity index (χ0) is 25.1. The van der Waals surface area contributed by atoms with Gasteiger partial charge in [-0.3, -0.25) is 9.59 Å². The minimum atomic E-state index is -0.981. The van der Waals surface area contributed by atoms with E-state index in [1.54, 1.807) is 55.2 Å². The molecule has 1 aliphatic heterocycles. The Hall–Kier alpha value is -3.06. The highest BCUT2D eigenvalue weighted by Crippen LogP contribution is 2.22. The highest BCUT2D eigenvalue weighted by atomic mass is 35.5. The molecule has 2 aliphatic rings. The third kappa shape index (κ3) is 7.76. The largest absolute Gasteiger partial charge is 0.478 e. The van der Waals surface area contributed by atoms with Crippen molar-refractivity contribution in [1.82, 2.24) is 14.7 Å². The van der Waals surface area contributed by atoms with E-state index in [1.165, 1.54) is 0 Å². The van der Waals surface area contributed by atoms with Crippen molar-refractivity contribution in [3.8, 4) is 0 Å². The normalized spacial score (nSPS) is 17.4. The van der Waals surface area contributed by atoms with Crippen LogP contribution in [-0.2, 0) is 14.4 Å². The Morgan fingerprint density at radius 1 is 1.18 bits per heavy atom. The van der Waals surface area contributed by atoms with Crippen LogP contribution in [0.1, 0.15) is 33.6 Å². The summed E-state index contributed by atoms with van der Waals surface area (Å²) in [6, 6.07) is 0. The molecule has 1 heterocycles. The van der Waals surface area contributed by atoms with Gasteiger partial charge in [-0.25, -0.2) is 4.79 Å². The van der Waals surface area contributed by atoms with E-state index in [2.05, 4.69) is 4.90 Å². The van der Waals surface area contributed by atoms with Gasteiger partial charge in [0, 0.05) is 56.8 Å². The predicted molar refractivity (Wildman–Crippen MR) is 135 cm³/mol. The number of halogens is 1. The minimum Gasteiger partial charge on any atom is -0.478 e. The quantitative estimate of drug-likeness (QED) is 0.394. The molecule has 2 amide bonds. The summed E-state index contributed by atoms with van der Waals surface area (Å²) in [6.45, 7) is 8.74. The molecule has 1 saturated heterocycles. The number of hydrogen-bond donors (Lipinski definition) is 1. The number of nitrogens with zero attached hydrogens (tertiary/aromatic N) is 3. The van der Waals surface area contributed by atoms with Crippen LogP contribution in [0.3, 0.4) is 0 Å². The number of carboxylic acids is 1. The lowest BCUT2D eigenvalue weighted by Gasteiger charge is -2.33. The molecule has 0 saturated carbocycles. The minimum absolute atomic E-state index is 0.0766. The van der Waals surface area contributed by atoms with E-state index in [0.717, 1.165) is 19.5 Å². The number of hydrogen-bond acceptors (Lipinski definition) is 4. The number of rotatable bonds is 9. The van der Waals surface area contributed by atoms with Crippen LogP contribution in [0.4, 0.5) is 0 Å². The second-order valence-corrected chi connectivity index (χ2v) is 8.53. The molecule has 2 rings (SSSR count). The molecular formula is C26H34ClN3O4. The van der Waals surface area contributed by atoms with Crippen LogP contribution in [0.15, 0.2) is 70.5 Å². The van der Waals surface area contributed by atoms with Crippen molar-refractivity contribution in [2.24, 2.45) is 0 Å². The maximum Gasteiger partial charge on any atom is 0.332 e. The molecular weight excluding hydrogens is 454 g/mol. The third-order valence-electron chi connectivity index (χ3n) is 5.71. The van der Waals surface area contributed by atoms with E-state index in [1.807, 2.05) is 24.1 Å². The summed E-state index contributed by atoms with van der Waals surface area (Å²) < 4.78 is 0. The van der Waals surface area contributed by atoms with Crippen LogP contribution in [0.25, 0.3) is 0 Å². The number of allylic oxidation sites excluding steroid dienone is 6. The van der Waals surface area contributed by atoms with Gasteiger partial charge in [0.2, 0.25) is 5.91 Å². The third-order valence-corrected chi connectivity index (χ3v) is 6.14. The standard InChI is InChI=1S/C26H34ClN3O4/c1-4-13-30(19-21-10-7-6-8-11-22(21)26(33)34)25(32)23(24(27)5-2)12-9-14-28-15-17-29(18-16-28)20(3)31/h5-10,12,14H,4,11,13,15-19H2,1-3H3,(H,33,34)/b14-9+,23-12+,24-5+. The molecule has 7 nitrogen and oxygen atoms in total. The first kappa shape index (κ1) is 27.2. The predicted octanol–water partition coefficient (Wildman–Crippen LogP) is 3.87. The highest BCUT2D eigenvalue weighted by Gasteiger charge is 2.23. The van der Waals surface area contributed by atoms with Crippen molar-refractivity contribution in [2.75, 3.05) is 39.3 Å². The summed E-state index contributed by atoms with van der Waals surface area (Å²) in [4.78, 5) is 42.3. The summed E-state index contributed by atoms with van der Waals surface area (Å²) in [7, 11) is 0. The average Bonchev–Trinajstić information content (AvgIpc) is 3.06. The molecule has 184 valence electrons. The number of piperazine rings is 1. The number of carbonyl (C=O) groups excluding carboxylic acids is 2. The molecule has 0 unspecified atom stereocenters. The Morgan fingerprint density at radius 3 is 2.47 bits per heavy atom. The maximum atomic E-state index is 13.5. The summed E-state index contributed by atoms with van der Waals surface area (Å²) >= 11 is 6.42. The van der Waals surface area contributed by atoms with Crippen LogP contribution in [0.5, 0.6) is 0 Å². The SMILES string of the molecule is C\C=C(Cl)/C(=C\C=C\N1CCN(C(C)=O)CC1)C(=O)N(CCC)CC1=C(C(=O)O)CC=CC=C1. The van der Waals surface area contributed by atoms with Gasteiger partial charge in [0.15, 0.2) is 0 Å². The topological polar surface area (TPSA) is 81.2 Å². The van der Waals surface area contributed by atoms with Gasteiger partial charge in [0.05, 0.1) is 5.57 Å². The van der Waals surface area contributed by atoms with Crippen molar-refractivity contribution >= 4 is 29.4 Å². The lowest BCUT2D eigenvalue weighted by molar-refractivity contribution is -0.133. The Morgan fingerprint density at radius 2 is 1.88 bits per heavy atom. The van der Waals surface area contributed by atoms with E-state index in [4.69, 9.17) is 11.6 Å². The fourth-order valence-electron chi connectivity index (χ4n) is 3.79. The van der Waals surface area contributed by atoms with E-state index in [9.17, 15) is 19.5 Å². The zero-order valence-corrected chi connectivity index (χ0v) is 20.9. The van der Waals surface area contributed by atoms with Gasteiger partial charge in [0.25, 0.3) is 5.91 Å². The maximum absolute atomic E-state index is 13.5. The van der Waals surface area contributed by atoms with E-state index in [0.29, 0.717) is 42.2 Å². The van der Waals surface area contributed by atoms with Crippen molar-refractivity contribution < 1.29 is 19.5 Å². The smallest absolute Gasteiger partial charge is 0.332 e. The van der Waals surface area contributed by atoms with Crippen molar-refractivity contribution in [3.63, 3.8) is 0 Å². The van der Waals surface area contributed by atoms with Crippen LogP contribution >= 0.6 is 11.6 Å². The number of aliphatic carboxylic acids is 1.